The highest BCUT2D eigenvalue weighted by Gasteiger charge is 2.08. The van der Waals surface area contributed by atoms with Crippen LogP contribution in [0.2, 0.25) is 0 Å². The van der Waals surface area contributed by atoms with E-state index < -0.39 is 0 Å². The number of anilines is 1. The van der Waals surface area contributed by atoms with E-state index in [2.05, 4.69) is 40.4 Å². The Kier molecular flexibility index (Phi) is 3.92. The van der Waals surface area contributed by atoms with Gasteiger partial charge < -0.3 is 10.3 Å². The molecule has 0 aliphatic heterocycles. The summed E-state index contributed by atoms with van der Waals surface area (Å²) in [6.45, 7) is 2.51. The second-order valence-electron chi connectivity index (χ2n) is 4.68. The van der Waals surface area contributed by atoms with Crippen LogP contribution in [0.4, 0.5) is 5.69 Å². The molecule has 7 heteroatoms. The van der Waals surface area contributed by atoms with Crippen molar-refractivity contribution in [2.45, 2.75) is 24.1 Å². The van der Waals surface area contributed by atoms with E-state index >= 15 is 0 Å². The quantitative estimate of drug-likeness (QED) is 0.729. The van der Waals surface area contributed by atoms with E-state index in [1.807, 2.05) is 6.07 Å². The minimum Gasteiger partial charge on any atom is -0.396 e. The number of aryl methyl sites for hydroxylation is 1. The number of thioether (sulfide) groups is 1. The molecule has 21 heavy (non-hydrogen) atoms. The first-order valence-corrected chi connectivity index (χ1v) is 7.46. The summed E-state index contributed by atoms with van der Waals surface area (Å²) in [7, 11) is 0. The Bertz CT molecular complexity index is 736. The molecule has 1 aromatic carbocycles. The smallest absolute Gasteiger partial charge is 0.248 e. The van der Waals surface area contributed by atoms with Gasteiger partial charge in [-0.05, 0) is 19.1 Å². The summed E-state index contributed by atoms with van der Waals surface area (Å²) in [6.07, 6.45) is 3.32. The molecule has 0 bridgehead atoms. The molecule has 2 N–H and O–H groups in total. The number of nitrogens with two attached hydrogens (primary N) is 1. The lowest BCUT2D eigenvalue weighted by molar-refractivity contribution is 0.362. The third-order valence-electron chi connectivity index (χ3n) is 2.82. The van der Waals surface area contributed by atoms with E-state index in [0.717, 1.165) is 0 Å². The van der Waals surface area contributed by atoms with Gasteiger partial charge in [-0.3, -0.25) is 4.68 Å². The lowest BCUT2D eigenvalue weighted by atomic mass is 10.2. The van der Waals surface area contributed by atoms with Crippen molar-refractivity contribution < 1.29 is 4.52 Å². The Labute approximate surface area is 126 Å². The average molecular weight is 301 g/mol. The molecule has 108 valence electrons. The van der Waals surface area contributed by atoms with Gasteiger partial charge in [-0.2, -0.15) is 10.1 Å². The van der Waals surface area contributed by atoms with Crippen molar-refractivity contribution in [1.29, 1.82) is 0 Å². The number of hydrogen-bond donors (Lipinski definition) is 1. The lowest BCUT2D eigenvalue weighted by Gasteiger charge is -1.99. The maximum absolute atomic E-state index is 5.61. The summed E-state index contributed by atoms with van der Waals surface area (Å²) in [4.78, 5) is 5.55. The van der Waals surface area contributed by atoms with Gasteiger partial charge >= 0.3 is 0 Å². The molecule has 0 fully saturated rings. The number of rotatable bonds is 5. The van der Waals surface area contributed by atoms with Gasteiger partial charge in [0.15, 0.2) is 5.82 Å². The second kappa shape index (κ2) is 6.01. The number of nitrogens with zero attached hydrogens (tertiary/aromatic N) is 4. The highest BCUT2D eigenvalue weighted by molar-refractivity contribution is 7.98. The minimum absolute atomic E-state index is 0.430. The van der Waals surface area contributed by atoms with Crippen LogP contribution < -0.4 is 5.73 Å². The SMILES string of the molecule is Cc1cccc(SCc2noc(Cn3cc(N)cn3)n2)c1. The minimum atomic E-state index is 0.430. The summed E-state index contributed by atoms with van der Waals surface area (Å²) in [5.74, 6) is 1.88. The Hall–Kier alpha value is -2.28. The van der Waals surface area contributed by atoms with Gasteiger partial charge in [0.1, 0.15) is 6.54 Å². The van der Waals surface area contributed by atoms with Crippen molar-refractivity contribution in [3.05, 3.63) is 53.9 Å². The van der Waals surface area contributed by atoms with Crippen LogP contribution in [0, 0.1) is 6.92 Å². The summed E-state index contributed by atoms with van der Waals surface area (Å²) < 4.78 is 6.88. The molecule has 3 rings (SSSR count). The Morgan fingerprint density at radius 2 is 2.29 bits per heavy atom. The Morgan fingerprint density at radius 3 is 3.05 bits per heavy atom. The van der Waals surface area contributed by atoms with Gasteiger partial charge in [-0.15, -0.1) is 11.8 Å². The third kappa shape index (κ3) is 3.63. The van der Waals surface area contributed by atoms with Gasteiger partial charge in [0.05, 0.1) is 17.6 Å². The molecular formula is C14H15N5OS. The molecule has 0 saturated carbocycles. The molecule has 0 unspecified atom stereocenters. The van der Waals surface area contributed by atoms with Crippen molar-refractivity contribution >= 4 is 17.4 Å². The van der Waals surface area contributed by atoms with Crippen molar-refractivity contribution in [2.75, 3.05) is 5.73 Å². The van der Waals surface area contributed by atoms with Gasteiger partial charge in [0.2, 0.25) is 5.89 Å². The number of benzene rings is 1. The van der Waals surface area contributed by atoms with Crippen molar-refractivity contribution in [3.8, 4) is 0 Å². The second-order valence-corrected chi connectivity index (χ2v) is 5.73. The number of hydrogen-bond acceptors (Lipinski definition) is 6. The Balaban J connectivity index is 1.60. The van der Waals surface area contributed by atoms with Crippen LogP contribution in [-0.2, 0) is 12.3 Å². The molecule has 0 radical (unpaired) electrons. The molecule has 0 aliphatic rings. The predicted molar refractivity (Wildman–Crippen MR) is 80.8 cm³/mol. The van der Waals surface area contributed by atoms with E-state index in [4.69, 9.17) is 10.3 Å². The topological polar surface area (TPSA) is 82.8 Å². The van der Waals surface area contributed by atoms with Crippen LogP contribution in [0.25, 0.3) is 0 Å². The van der Waals surface area contributed by atoms with Gasteiger partial charge in [0, 0.05) is 11.1 Å². The standard InChI is InChI=1S/C14H15N5OS/c1-10-3-2-4-12(5-10)21-9-13-17-14(20-18-13)8-19-7-11(15)6-16-19/h2-7H,8-9,15H2,1H3. The monoisotopic (exact) mass is 301 g/mol. The molecule has 0 amide bonds. The van der Waals surface area contributed by atoms with Crippen LogP contribution in [0.5, 0.6) is 0 Å². The Morgan fingerprint density at radius 1 is 1.38 bits per heavy atom. The highest BCUT2D eigenvalue weighted by atomic mass is 32.2. The van der Waals surface area contributed by atoms with Crippen LogP contribution in [0.1, 0.15) is 17.3 Å². The fraction of sp³-hybridized carbons (Fsp3) is 0.214. The van der Waals surface area contributed by atoms with Crippen LogP contribution in [0.15, 0.2) is 46.1 Å². The van der Waals surface area contributed by atoms with E-state index in [1.165, 1.54) is 10.5 Å². The summed E-state index contributed by atoms with van der Waals surface area (Å²) in [5, 5.41) is 8.06. The fourth-order valence-electron chi connectivity index (χ4n) is 1.87. The van der Waals surface area contributed by atoms with Crippen LogP contribution >= 0.6 is 11.8 Å². The maximum Gasteiger partial charge on any atom is 0.248 e. The summed E-state index contributed by atoms with van der Waals surface area (Å²) in [6, 6.07) is 8.33. The zero-order valence-corrected chi connectivity index (χ0v) is 12.4. The van der Waals surface area contributed by atoms with Crippen LogP contribution in [0.3, 0.4) is 0 Å². The van der Waals surface area contributed by atoms with Crippen molar-refractivity contribution in [1.82, 2.24) is 19.9 Å². The van der Waals surface area contributed by atoms with E-state index in [-0.39, 0.29) is 0 Å². The zero-order chi connectivity index (χ0) is 14.7. The third-order valence-corrected chi connectivity index (χ3v) is 3.81. The summed E-state index contributed by atoms with van der Waals surface area (Å²) >= 11 is 1.68. The largest absolute Gasteiger partial charge is 0.396 e. The zero-order valence-electron chi connectivity index (χ0n) is 11.6. The molecule has 0 atom stereocenters. The molecule has 0 saturated heterocycles. The average Bonchev–Trinajstić information content (AvgIpc) is 3.06. The first-order valence-electron chi connectivity index (χ1n) is 6.48. The van der Waals surface area contributed by atoms with E-state index in [9.17, 15) is 0 Å². The molecule has 0 spiro atoms. The maximum atomic E-state index is 5.61. The molecular weight excluding hydrogens is 286 g/mol. The first kappa shape index (κ1) is 13.7. The molecule has 2 heterocycles. The highest BCUT2D eigenvalue weighted by Crippen LogP contribution is 2.22. The number of aromatic nitrogens is 4. The van der Waals surface area contributed by atoms with Crippen molar-refractivity contribution in [3.63, 3.8) is 0 Å². The molecule has 0 aliphatic carbocycles. The van der Waals surface area contributed by atoms with Crippen LogP contribution in [-0.4, -0.2) is 19.9 Å². The van der Waals surface area contributed by atoms with E-state index in [1.54, 1.807) is 28.8 Å². The molecule has 2 aromatic heterocycles. The summed E-state index contributed by atoms with van der Waals surface area (Å²) in [5.41, 5.74) is 7.46. The molecule has 6 nitrogen and oxygen atoms in total. The van der Waals surface area contributed by atoms with Gasteiger partial charge in [-0.25, -0.2) is 0 Å². The van der Waals surface area contributed by atoms with E-state index in [0.29, 0.717) is 29.7 Å². The normalized spacial score (nSPS) is 10.9. The first-order chi connectivity index (χ1) is 10.2. The van der Waals surface area contributed by atoms with Gasteiger partial charge in [0.25, 0.3) is 0 Å². The molecule has 3 aromatic rings. The fourth-order valence-corrected chi connectivity index (χ4v) is 2.73. The van der Waals surface area contributed by atoms with Gasteiger partial charge in [-0.1, -0.05) is 22.9 Å². The number of nitrogen functional groups attached to an aromatic ring is 1. The van der Waals surface area contributed by atoms with Crippen molar-refractivity contribution in [2.24, 2.45) is 0 Å². The predicted octanol–water partition coefficient (Wildman–Crippen LogP) is 2.50. The lowest BCUT2D eigenvalue weighted by Crippen LogP contribution is -2.00.